The van der Waals surface area contributed by atoms with Crippen LogP contribution in [0.4, 0.5) is 0 Å². The molecule has 9 heteroatoms. The van der Waals surface area contributed by atoms with Gasteiger partial charge in [0, 0.05) is 11.5 Å². The van der Waals surface area contributed by atoms with Gasteiger partial charge in [0.25, 0.3) is 5.91 Å². The lowest BCUT2D eigenvalue weighted by molar-refractivity contribution is -0.149. The second kappa shape index (κ2) is 9.32. The number of aliphatic hydroxyl groups is 2. The first-order valence-corrected chi connectivity index (χ1v) is 8.91. The monoisotopic (exact) mass is 379 g/mol. The van der Waals surface area contributed by atoms with Crippen molar-refractivity contribution in [2.24, 2.45) is 11.8 Å². The van der Waals surface area contributed by atoms with E-state index in [1.165, 1.54) is 0 Å². The largest absolute Gasteiger partial charge is 0.492 e. The highest BCUT2D eigenvalue weighted by atomic mass is 16.5. The Morgan fingerprint density at radius 3 is 2.56 bits per heavy atom. The maximum Gasteiger partial charge on any atom is 0.492 e. The van der Waals surface area contributed by atoms with Gasteiger partial charge in [-0.1, -0.05) is 19.9 Å². The highest BCUT2D eigenvalue weighted by Crippen LogP contribution is 2.17. The number of amides is 1. The summed E-state index contributed by atoms with van der Waals surface area (Å²) in [6.07, 6.45) is 0. The van der Waals surface area contributed by atoms with Crippen molar-refractivity contribution in [3.8, 4) is 0 Å². The summed E-state index contributed by atoms with van der Waals surface area (Å²) in [5.74, 6) is -1.87. The first-order valence-electron chi connectivity index (χ1n) is 8.91. The van der Waals surface area contributed by atoms with Gasteiger partial charge in [-0.15, -0.1) is 0 Å². The molecular weight excluding hydrogens is 353 g/mol. The molecule has 1 aromatic rings. The van der Waals surface area contributed by atoms with E-state index < -0.39 is 31.0 Å². The molecule has 1 heterocycles. The van der Waals surface area contributed by atoms with Gasteiger partial charge in [-0.3, -0.25) is 4.79 Å². The van der Waals surface area contributed by atoms with Gasteiger partial charge in [0.15, 0.2) is 0 Å². The number of carbonyl (C=O) groups excluding carboxylic acids is 2. The van der Waals surface area contributed by atoms with E-state index in [-0.39, 0.29) is 32.3 Å². The van der Waals surface area contributed by atoms with Crippen molar-refractivity contribution in [3.63, 3.8) is 0 Å². The molecule has 0 unspecified atom stereocenters. The lowest BCUT2D eigenvalue weighted by Crippen LogP contribution is -2.46. The minimum atomic E-state index is -1.06. The lowest BCUT2D eigenvalue weighted by atomic mass is 9.75. The number of hydrogen-bond donors (Lipinski definition) is 4. The van der Waals surface area contributed by atoms with Crippen molar-refractivity contribution >= 4 is 24.5 Å². The number of benzene rings is 1. The SMILES string of the molecule is Cc1c(C(=O)N[C@H](C(=O)OCC(CO)CO)C(C)C)ccc2c1B(O)OC2. The molecule has 4 N–H and O–H groups in total. The Hall–Kier alpha value is -1.94. The Bertz CT molecular complexity index is 691. The summed E-state index contributed by atoms with van der Waals surface area (Å²) in [6.45, 7) is 4.82. The highest BCUT2D eigenvalue weighted by molar-refractivity contribution is 6.62. The molecule has 0 saturated carbocycles. The molecular formula is C18H26BNO7. The van der Waals surface area contributed by atoms with Gasteiger partial charge >= 0.3 is 13.1 Å². The Morgan fingerprint density at radius 1 is 1.30 bits per heavy atom. The van der Waals surface area contributed by atoms with E-state index in [0.29, 0.717) is 16.6 Å². The number of nitrogens with one attached hydrogen (secondary N) is 1. The average molecular weight is 379 g/mol. The van der Waals surface area contributed by atoms with Crippen molar-refractivity contribution in [1.82, 2.24) is 5.32 Å². The van der Waals surface area contributed by atoms with Crippen LogP contribution in [-0.4, -0.2) is 60.1 Å². The van der Waals surface area contributed by atoms with Crippen LogP contribution in [0.25, 0.3) is 0 Å². The Balaban J connectivity index is 2.11. The molecule has 1 atom stereocenters. The quantitative estimate of drug-likeness (QED) is 0.341. The summed E-state index contributed by atoms with van der Waals surface area (Å²) < 4.78 is 10.3. The number of ether oxygens (including phenoxy) is 1. The summed E-state index contributed by atoms with van der Waals surface area (Å²) in [6, 6.07) is 2.48. The zero-order chi connectivity index (χ0) is 20.1. The van der Waals surface area contributed by atoms with Crippen molar-refractivity contribution in [2.75, 3.05) is 19.8 Å². The zero-order valence-electron chi connectivity index (χ0n) is 15.8. The van der Waals surface area contributed by atoms with E-state index in [2.05, 4.69) is 5.32 Å². The normalized spacial score (nSPS) is 14.4. The number of rotatable bonds is 8. The lowest BCUT2D eigenvalue weighted by Gasteiger charge is -2.22. The van der Waals surface area contributed by atoms with Crippen LogP contribution in [0.2, 0.25) is 0 Å². The van der Waals surface area contributed by atoms with Crippen molar-refractivity contribution < 1.29 is 34.2 Å². The van der Waals surface area contributed by atoms with Gasteiger partial charge < -0.3 is 29.9 Å². The van der Waals surface area contributed by atoms with Gasteiger partial charge in [-0.05, 0) is 35.5 Å². The van der Waals surface area contributed by atoms with E-state index in [1.54, 1.807) is 32.9 Å². The topological polar surface area (TPSA) is 125 Å². The molecule has 1 aliphatic heterocycles. The molecule has 0 aromatic heterocycles. The summed E-state index contributed by atoms with van der Waals surface area (Å²) in [4.78, 5) is 25.1. The van der Waals surface area contributed by atoms with Gasteiger partial charge in [0.05, 0.1) is 26.4 Å². The van der Waals surface area contributed by atoms with Crippen molar-refractivity contribution in [1.29, 1.82) is 0 Å². The number of carbonyl (C=O) groups is 2. The third-order valence-corrected chi connectivity index (χ3v) is 4.68. The number of hydrogen-bond acceptors (Lipinski definition) is 7. The number of fused-ring (bicyclic) bond motifs is 1. The second-order valence-electron chi connectivity index (χ2n) is 7.03. The van der Waals surface area contributed by atoms with Gasteiger partial charge in [-0.25, -0.2) is 4.79 Å². The molecule has 0 aliphatic carbocycles. The molecule has 0 fully saturated rings. The first-order chi connectivity index (χ1) is 12.8. The molecule has 148 valence electrons. The Morgan fingerprint density at radius 2 is 1.96 bits per heavy atom. The fraction of sp³-hybridized carbons (Fsp3) is 0.556. The first kappa shape index (κ1) is 21.4. The minimum absolute atomic E-state index is 0.133. The Labute approximate surface area is 158 Å². The Kier molecular flexibility index (Phi) is 7.37. The van der Waals surface area contributed by atoms with Crippen LogP contribution in [0.1, 0.15) is 35.3 Å². The van der Waals surface area contributed by atoms with Crippen LogP contribution in [-0.2, 0) is 20.8 Å². The third kappa shape index (κ3) is 4.87. The second-order valence-corrected chi connectivity index (χ2v) is 7.03. The molecule has 0 spiro atoms. The summed E-state index contributed by atoms with van der Waals surface area (Å²) >= 11 is 0. The van der Waals surface area contributed by atoms with Gasteiger partial charge in [0.1, 0.15) is 6.04 Å². The molecule has 2 rings (SSSR count). The summed E-state index contributed by atoms with van der Waals surface area (Å²) in [5.41, 5.74) is 2.36. The van der Waals surface area contributed by atoms with Crippen LogP contribution in [0.15, 0.2) is 12.1 Å². The van der Waals surface area contributed by atoms with E-state index in [4.69, 9.17) is 19.6 Å². The number of esters is 1. The molecule has 1 amide bonds. The van der Waals surface area contributed by atoms with Gasteiger partial charge in [-0.2, -0.15) is 0 Å². The average Bonchev–Trinajstić information content (AvgIpc) is 3.02. The summed E-state index contributed by atoms with van der Waals surface area (Å²) in [7, 11) is -1.06. The van der Waals surface area contributed by atoms with E-state index in [1.807, 2.05) is 0 Å². The van der Waals surface area contributed by atoms with Crippen LogP contribution < -0.4 is 10.8 Å². The predicted octanol–water partition coefficient (Wildman–Crippen LogP) is -0.889. The molecule has 1 aliphatic rings. The van der Waals surface area contributed by atoms with Crippen molar-refractivity contribution in [3.05, 3.63) is 28.8 Å². The van der Waals surface area contributed by atoms with E-state index in [9.17, 15) is 14.6 Å². The minimum Gasteiger partial charge on any atom is -0.464 e. The molecule has 0 radical (unpaired) electrons. The van der Waals surface area contributed by atoms with Crippen molar-refractivity contribution in [2.45, 2.75) is 33.4 Å². The van der Waals surface area contributed by atoms with Gasteiger partial charge in [0.2, 0.25) is 0 Å². The molecule has 8 nitrogen and oxygen atoms in total. The van der Waals surface area contributed by atoms with Crippen LogP contribution in [0.3, 0.4) is 0 Å². The van der Waals surface area contributed by atoms with E-state index >= 15 is 0 Å². The molecule has 0 saturated heterocycles. The molecule has 0 bridgehead atoms. The van der Waals surface area contributed by atoms with Crippen LogP contribution in [0, 0.1) is 18.8 Å². The maximum atomic E-state index is 12.7. The van der Waals surface area contributed by atoms with E-state index in [0.717, 1.165) is 5.56 Å². The highest BCUT2D eigenvalue weighted by Gasteiger charge is 2.32. The van der Waals surface area contributed by atoms with Crippen LogP contribution >= 0.6 is 0 Å². The molecule has 27 heavy (non-hydrogen) atoms. The smallest absolute Gasteiger partial charge is 0.464 e. The number of aliphatic hydroxyl groups excluding tert-OH is 2. The third-order valence-electron chi connectivity index (χ3n) is 4.68. The predicted molar refractivity (Wildman–Crippen MR) is 98.3 cm³/mol. The fourth-order valence-electron chi connectivity index (χ4n) is 2.92. The molecule has 1 aromatic carbocycles. The standard InChI is InChI=1S/C18H26BNO7/c1-10(2)16(18(24)26-8-12(6-21)7-22)20-17(23)14-5-4-13-9-27-19(25)15(13)11(14)3/h4-5,10,12,16,21-22,25H,6-9H2,1-3H3,(H,20,23)/t16-/m0/s1. The maximum absolute atomic E-state index is 12.7. The zero-order valence-corrected chi connectivity index (χ0v) is 15.8. The summed E-state index contributed by atoms with van der Waals surface area (Å²) in [5, 5.41) is 30.7. The fourth-order valence-corrected chi connectivity index (χ4v) is 2.92. The van der Waals surface area contributed by atoms with Crippen LogP contribution in [0.5, 0.6) is 0 Å².